The number of halogens is 3. The molecular weight excluding hydrogens is 355 g/mol. The van der Waals surface area contributed by atoms with Crippen molar-refractivity contribution in [1.29, 1.82) is 0 Å². The van der Waals surface area contributed by atoms with Crippen LogP contribution in [-0.4, -0.2) is 0 Å². The number of benzene rings is 1. The fraction of sp³-hybridized carbons (Fsp3) is 0.167. The minimum Gasteiger partial charge on any atom is -0.271 e. The molecule has 3 N–H and O–H groups in total. The summed E-state index contributed by atoms with van der Waals surface area (Å²) in [7, 11) is 0. The number of nitrogens with two attached hydrogens (primary N) is 1. The van der Waals surface area contributed by atoms with Crippen LogP contribution in [0.15, 0.2) is 34.1 Å². The highest BCUT2D eigenvalue weighted by atomic mass is 79.9. The molecule has 2 aromatic rings. The lowest BCUT2D eigenvalue weighted by molar-refractivity contribution is 0.556. The fourth-order valence-corrected chi connectivity index (χ4v) is 3.94. The predicted molar refractivity (Wildman–Crippen MR) is 82.2 cm³/mol. The van der Waals surface area contributed by atoms with Gasteiger partial charge in [-0.2, -0.15) is 0 Å². The van der Waals surface area contributed by atoms with E-state index in [1.54, 1.807) is 11.3 Å². The molecule has 0 radical (unpaired) electrons. The van der Waals surface area contributed by atoms with E-state index in [1.807, 2.05) is 24.3 Å². The van der Waals surface area contributed by atoms with Gasteiger partial charge in [-0.3, -0.25) is 11.3 Å². The molecule has 0 aliphatic rings. The van der Waals surface area contributed by atoms with Crippen LogP contribution in [0.3, 0.4) is 0 Å². The maximum atomic E-state index is 6.19. The minimum atomic E-state index is -0.100. The van der Waals surface area contributed by atoms with Crippen molar-refractivity contribution in [3.63, 3.8) is 0 Å². The molecule has 1 unspecified atom stereocenters. The Kier molecular flexibility index (Phi) is 5.06. The molecule has 96 valence electrons. The molecule has 1 aromatic heterocycles. The van der Waals surface area contributed by atoms with Crippen LogP contribution in [0.5, 0.6) is 0 Å². The normalized spacial score (nSPS) is 12.7. The molecule has 0 fully saturated rings. The smallest absolute Gasteiger partial charge is 0.0701 e. The van der Waals surface area contributed by atoms with Crippen molar-refractivity contribution in [2.45, 2.75) is 12.5 Å². The van der Waals surface area contributed by atoms with Gasteiger partial charge in [0.1, 0.15) is 0 Å². The van der Waals surface area contributed by atoms with Gasteiger partial charge >= 0.3 is 0 Å². The highest BCUT2D eigenvalue weighted by Crippen LogP contribution is 2.33. The summed E-state index contributed by atoms with van der Waals surface area (Å²) in [6.07, 6.45) is 0.746. The molecule has 1 aromatic carbocycles. The third-order valence-electron chi connectivity index (χ3n) is 2.58. The van der Waals surface area contributed by atoms with Gasteiger partial charge in [-0.25, -0.2) is 0 Å². The molecule has 0 aliphatic carbocycles. The second kappa shape index (κ2) is 6.37. The van der Waals surface area contributed by atoms with Crippen molar-refractivity contribution in [3.05, 3.63) is 54.6 Å². The Morgan fingerprint density at radius 3 is 2.39 bits per heavy atom. The monoisotopic (exact) mass is 364 g/mol. The Morgan fingerprint density at radius 1 is 1.22 bits per heavy atom. The standard InChI is InChI=1S/C12H11BrCl2N2S/c13-11-5-4-7(18-11)6-10(17-16)12-8(14)2-1-3-9(12)15/h1-5,10,17H,6,16H2. The van der Waals surface area contributed by atoms with Gasteiger partial charge in [-0.05, 0) is 40.2 Å². The number of hydrogen-bond acceptors (Lipinski definition) is 3. The van der Waals surface area contributed by atoms with Crippen LogP contribution in [0.2, 0.25) is 10.0 Å². The van der Waals surface area contributed by atoms with E-state index in [2.05, 4.69) is 27.4 Å². The lowest BCUT2D eigenvalue weighted by Crippen LogP contribution is -2.29. The Labute approximate surface area is 128 Å². The van der Waals surface area contributed by atoms with Crippen molar-refractivity contribution in [3.8, 4) is 0 Å². The molecule has 0 saturated heterocycles. The van der Waals surface area contributed by atoms with Crippen LogP contribution in [0.1, 0.15) is 16.5 Å². The number of rotatable bonds is 4. The Bertz CT molecular complexity index is 524. The average molecular weight is 366 g/mol. The number of hydrazine groups is 1. The van der Waals surface area contributed by atoms with E-state index >= 15 is 0 Å². The molecule has 0 bridgehead atoms. The van der Waals surface area contributed by atoms with Crippen molar-refractivity contribution in [2.24, 2.45) is 5.84 Å². The van der Waals surface area contributed by atoms with Gasteiger partial charge in [-0.1, -0.05) is 29.3 Å². The van der Waals surface area contributed by atoms with Gasteiger partial charge in [0.25, 0.3) is 0 Å². The van der Waals surface area contributed by atoms with Gasteiger partial charge in [0.15, 0.2) is 0 Å². The summed E-state index contributed by atoms with van der Waals surface area (Å²) in [5, 5.41) is 1.25. The molecule has 0 spiro atoms. The number of nitrogens with one attached hydrogen (secondary N) is 1. The first-order chi connectivity index (χ1) is 8.61. The maximum Gasteiger partial charge on any atom is 0.0701 e. The second-order valence-corrected chi connectivity index (χ2v) is 7.13. The summed E-state index contributed by atoms with van der Waals surface area (Å²) >= 11 is 17.5. The largest absolute Gasteiger partial charge is 0.271 e. The third-order valence-corrected chi connectivity index (χ3v) is 4.89. The molecule has 18 heavy (non-hydrogen) atoms. The molecule has 6 heteroatoms. The molecule has 0 saturated carbocycles. The summed E-state index contributed by atoms with van der Waals surface area (Å²) in [5.74, 6) is 5.62. The van der Waals surface area contributed by atoms with E-state index in [1.165, 1.54) is 4.88 Å². The fourth-order valence-electron chi connectivity index (χ4n) is 1.75. The van der Waals surface area contributed by atoms with Crippen LogP contribution in [0.25, 0.3) is 0 Å². The summed E-state index contributed by atoms with van der Waals surface area (Å²) in [4.78, 5) is 1.21. The first-order valence-electron chi connectivity index (χ1n) is 5.26. The van der Waals surface area contributed by atoms with Gasteiger partial charge < -0.3 is 0 Å². The van der Waals surface area contributed by atoms with Crippen LogP contribution >= 0.6 is 50.5 Å². The van der Waals surface area contributed by atoms with Crippen LogP contribution < -0.4 is 11.3 Å². The summed E-state index contributed by atoms with van der Waals surface area (Å²) in [6, 6.07) is 9.43. The zero-order valence-corrected chi connectivity index (χ0v) is 13.2. The van der Waals surface area contributed by atoms with Crippen molar-refractivity contribution < 1.29 is 0 Å². The van der Waals surface area contributed by atoms with E-state index in [9.17, 15) is 0 Å². The highest BCUT2D eigenvalue weighted by Gasteiger charge is 2.18. The second-order valence-electron chi connectivity index (χ2n) is 3.76. The Morgan fingerprint density at radius 2 is 1.89 bits per heavy atom. The highest BCUT2D eigenvalue weighted by molar-refractivity contribution is 9.11. The van der Waals surface area contributed by atoms with Crippen molar-refractivity contribution in [1.82, 2.24) is 5.43 Å². The Balaban J connectivity index is 2.28. The van der Waals surface area contributed by atoms with E-state index < -0.39 is 0 Å². The average Bonchev–Trinajstić information content (AvgIpc) is 2.73. The molecule has 2 rings (SSSR count). The molecular formula is C12H11BrCl2N2S. The van der Waals surface area contributed by atoms with E-state index in [0.717, 1.165) is 15.8 Å². The van der Waals surface area contributed by atoms with E-state index in [-0.39, 0.29) is 6.04 Å². The molecule has 0 amide bonds. The van der Waals surface area contributed by atoms with Gasteiger partial charge in [0.05, 0.1) is 9.83 Å². The van der Waals surface area contributed by atoms with Crippen LogP contribution in [0, 0.1) is 0 Å². The zero-order chi connectivity index (χ0) is 13.1. The van der Waals surface area contributed by atoms with Gasteiger partial charge in [0.2, 0.25) is 0 Å². The van der Waals surface area contributed by atoms with Crippen LogP contribution in [-0.2, 0) is 6.42 Å². The quantitative estimate of drug-likeness (QED) is 0.615. The summed E-state index contributed by atoms with van der Waals surface area (Å²) in [5.41, 5.74) is 3.62. The van der Waals surface area contributed by atoms with Crippen LogP contribution in [0.4, 0.5) is 0 Å². The van der Waals surface area contributed by atoms with Gasteiger partial charge in [-0.15, -0.1) is 11.3 Å². The number of hydrogen-bond donors (Lipinski definition) is 2. The third kappa shape index (κ3) is 3.26. The van der Waals surface area contributed by atoms with Crippen molar-refractivity contribution in [2.75, 3.05) is 0 Å². The maximum absolute atomic E-state index is 6.19. The molecule has 1 heterocycles. The summed E-state index contributed by atoms with van der Waals surface area (Å²) in [6.45, 7) is 0. The lowest BCUT2D eigenvalue weighted by atomic mass is 10.0. The lowest BCUT2D eigenvalue weighted by Gasteiger charge is -2.18. The zero-order valence-electron chi connectivity index (χ0n) is 9.29. The first kappa shape index (κ1) is 14.3. The van der Waals surface area contributed by atoms with E-state index in [4.69, 9.17) is 29.0 Å². The van der Waals surface area contributed by atoms with Crippen molar-refractivity contribution >= 4 is 50.5 Å². The molecule has 2 nitrogen and oxygen atoms in total. The number of thiophene rings is 1. The SMILES string of the molecule is NNC(Cc1ccc(Br)s1)c1c(Cl)cccc1Cl. The van der Waals surface area contributed by atoms with Gasteiger partial charge in [0, 0.05) is 26.9 Å². The first-order valence-corrected chi connectivity index (χ1v) is 7.62. The summed E-state index contributed by atoms with van der Waals surface area (Å²) < 4.78 is 1.10. The topological polar surface area (TPSA) is 38.0 Å². The molecule has 0 aliphatic heterocycles. The Hall–Kier alpha value is -0.100. The van der Waals surface area contributed by atoms with E-state index in [0.29, 0.717) is 10.0 Å². The minimum absolute atomic E-state index is 0.100. The predicted octanol–water partition coefficient (Wildman–Crippen LogP) is 4.56. The molecule has 1 atom stereocenters.